The second-order valence-corrected chi connectivity index (χ2v) is 10.1. The molecule has 1 aliphatic rings. The number of allylic oxidation sites excluding steroid dienone is 1. The standard InChI is InChI=1S/C26H32N2O5S/c1-3-28(23-12-8-5-9-13-23)34(31,32)24-16-14-22(15-17-24)26(30)33-20(2)25(29)27-19-18-21-10-6-4-7-11-21/h5,8-10,12-17,20H,3-4,6-7,11,18-19H2,1-2H3,(H,27,29)/t20-/m0/s1. The minimum absolute atomic E-state index is 0.0672. The molecule has 0 aromatic heterocycles. The van der Waals surface area contributed by atoms with Crippen molar-refractivity contribution in [3.8, 4) is 0 Å². The van der Waals surface area contributed by atoms with Gasteiger partial charge in [0.1, 0.15) is 0 Å². The number of sulfonamides is 1. The van der Waals surface area contributed by atoms with Crippen molar-refractivity contribution in [1.29, 1.82) is 0 Å². The van der Waals surface area contributed by atoms with E-state index in [-0.39, 0.29) is 22.9 Å². The van der Waals surface area contributed by atoms with Crippen LogP contribution in [0.25, 0.3) is 0 Å². The number of nitrogens with one attached hydrogen (secondary N) is 1. The molecule has 0 unspecified atom stereocenters. The second kappa shape index (κ2) is 11.8. The van der Waals surface area contributed by atoms with E-state index in [1.54, 1.807) is 31.2 Å². The molecule has 8 heteroatoms. The third kappa shape index (κ3) is 6.47. The van der Waals surface area contributed by atoms with Crippen molar-refractivity contribution in [2.24, 2.45) is 0 Å². The van der Waals surface area contributed by atoms with Gasteiger partial charge in [0.15, 0.2) is 6.10 Å². The predicted molar refractivity (Wildman–Crippen MR) is 132 cm³/mol. The molecule has 1 amide bonds. The zero-order valence-electron chi connectivity index (χ0n) is 19.7. The van der Waals surface area contributed by atoms with Gasteiger partial charge in [0.2, 0.25) is 0 Å². The molecule has 2 aromatic carbocycles. The van der Waals surface area contributed by atoms with Crippen LogP contribution in [0.2, 0.25) is 0 Å². The highest BCUT2D eigenvalue weighted by Gasteiger charge is 2.24. The van der Waals surface area contributed by atoms with Gasteiger partial charge in [-0.25, -0.2) is 13.2 Å². The van der Waals surface area contributed by atoms with E-state index in [2.05, 4.69) is 11.4 Å². The van der Waals surface area contributed by atoms with Crippen molar-refractivity contribution in [3.63, 3.8) is 0 Å². The molecule has 1 atom stereocenters. The molecule has 0 radical (unpaired) electrons. The van der Waals surface area contributed by atoms with Gasteiger partial charge in [-0.3, -0.25) is 9.10 Å². The van der Waals surface area contributed by atoms with E-state index in [9.17, 15) is 18.0 Å². The molecule has 3 rings (SSSR count). The molecule has 7 nitrogen and oxygen atoms in total. The number of rotatable bonds is 10. The topological polar surface area (TPSA) is 92.8 Å². The highest BCUT2D eigenvalue weighted by Crippen LogP contribution is 2.24. The monoisotopic (exact) mass is 484 g/mol. The SMILES string of the molecule is CCN(c1ccccc1)S(=O)(=O)c1ccc(C(=O)O[C@@H](C)C(=O)NCCC2=CCCCC2)cc1. The molecule has 0 saturated carbocycles. The summed E-state index contributed by atoms with van der Waals surface area (Å²) in [5.74, 6) is -1.04. The van der Waals surface area contributed by atoms with Crippen LogP contribution >= 0.6 is 0 Å². The van der Waals surface area contributed by atoms with Gasteiger partial charge in [0.05, 0.1) is 16.1 Å². The van der Waals surface area contributed by atoms with Crippen molar-refractivity contribution in [1.82, 2.24) is 5.32 Å². The third-order valence-corrected chi connectivity index (χ3v) is 7.71. The first kappa shape index (κ1) is 25.5. The Bertz CT molecular complexity index is 1110. The van der Waals surface area contributed by atoms with Crippen molar-refractivity contribution in [2.75, 3.05) is 17.4 Å². The molecule has 34 heavy (non-hydrogen) atoms. The van der Waals surface area contributed by atoms with Gasteiger partial charge in [-0.1, -0.05) is 29.8 Å². The largest absolute Gasteiger partial charge is 0.449 e. The van der Waals surface area contributed by atoms with E-state index in [0.29, 0.717) is 12.2 Å². The fourth-order valence-electron chi connectivity index (χ4n) is 3.88. The lowest BCUT2D eigenvalue weighted by Gasteiger charge is -2.23. The lowest BCUT2D eigenvalue weighted by molar-refractivity contribution is -0.129. The Hall–Kier alpha value is -3.13. The highest BCUT2D eigenvalue weighted by molar-refractivity contribution is 7.92. The second-order valence-electron chi connectivity index (χ2n) is 8.23. The maximum absolute atomic E-state index is 13.1. The van der Waals surface area contributed by atoms with Gasteiger partial charge >= 0.3 is 5.97 Å². The van der Waals surface area contributed by atoms with Crippen LogP contribution in [-0.2, 0) is 19.6 Å². The molecule has 1 N–H and O–H groups in total. The number of ether oxygens (including phenoxy) is 1. The first-order valence-electron chi connectivity index (χ1n) is 11.7. The number of nitrogens with zero attached hydrogens (tertiary/aromatic N) is 1. The predicted octanol–water partition coefficient (Wildman–Crippen LogP) is 4.45. The Morgan fingerprint density at radius 1 is 1.06 bits per heavy atom. The maximum Gasteiger partial charge on any atom is 0.338 e. The summed E-state index contributed by atoms with van der Waals surface area (Å²) in [4.78, 5) is 24.8. The van der Waals surface area contributed by atoms with Crippen molar-refractivity contribution < 1.29 is 22.7 Å². The Morgan fingerprint density at radius 3 is 2.38 bits per heavy atom. The molecule has 0 bridgehead atoms. The number of hydrogen-bond acceptors (Lipinski definition) is 5. The van der Waals surface area contributed by atoms with Crippen LogP contribution in [0.3, 0.4) is 0 Å². The highest BCUT2D eigenvalue weighted by atomic mass is 32.2. The van der Waals surface area contributed by atoms with E-state index >= 15 is 0 Å². The molecule has 0 fully saturated rings. The van der Waals surface area contributed by atoms with Crippen molar-refractivity contribution >= 4 is 27.6 Å². The van der Waals surface area contributed by atoms with Crippen LogP contribution in [0.1, 0.15) is 56.3 Å². The van der Waals surface area contributed by atoms with E-state index in [1.165, 1.54) is 53.9 Å². The minimum Gasteiger partial charge on any atom is -0.449 e. The molecular weight excluding hydrogens is 452 g/mol. The van der Waals surface area contributed by atoms with Gasteiger partial charge in [0.25, 0.3) is 15.9 Å². The van der Waals surface area contributed by atoms with Gasteiger partial charge < -0.3 is 10.1 Å². The van der Waals surface area contributed by atoms with Crippen molar-refractivity contribution in [3.05, 3.63) is 71.8 Å². The summed E-state index contributed by atoms with van der Waals surface area (Å²) < 4.78 is 32.7. The van der Waals surface area contributed by atoms with Gasteiger partial charge in [-0.15, -0.1) is 0 Å². The van der Waals surface area contributed by atoms with Crippen LogP contribution in [0, 0.1) is 0 Å². The lowest BCUT2D eigenvalue weighted by Crippen LogP contribution is -2.36. The molecule has 0 heterocycles. The van der Waals surface area contributed by atoms with E-state index < -0.39 is 22.1 Å². The Morgan fingerprint density at radius 2 is 1.76 bits per heavy atom. The van der Waals surface area contributed by atoms with E-state index in [4.69, 9.17) is 4.74 Å². The fourth-order valence-corrected chi connectivity index (χ4v) is 5.35. The number of hydrogen-bond donors (Lipinski definition) is 1. The molecular formula is C26H32N2O5S. The number of anilines is 1. The van der Waals surface area contributed by atoms with Crippen LogP contribution in [0.15, 0.2) is 71.1 Å². The number of amides is 1. The first-order chi connectivity index (χ1) is 16.3. The fraction of sp³-hybridized carbons (Fsp3) is 0.385. The lowest BCUT2D eigenvalue weighted by atomic mass is 9.97. The van der Waals surface area contributed by atoms with Gasteiger partial charge in [-0.05, 0) is 82.3 Å². The molecule has 2 aromatic rings. The minimum atomic E-state index is -3.79. The summed E-state index contributed by atoms with van der Waals surface area (Å²) in [6.45, 7) is 4.05. The van der Waals surface area contributed by atoms with Gasteiger partial charge in [-0.2, -0.15) is 0 Å². The summed E-state index contributed by atoms with van der Waals surface area (Å²) in [7, 11) is -3.79. The summed E-state index contributed by atoms with van der Waals surface area (Å²) in [6.07, 6.45) is 6.68. The molecule has 0 aliphatic heterocycles. The van der Waals surface area contributed by atoms with Gasteiger partial charge in [0, 0.05) is 13.1 Å². The average Bonchev–Trinajstić information content (AvgIpc) is 2.85. The Kier molecular flexibility index (Phi) is 8.87. The first-order valence-corrected chi connectivity index (χ1v) is 13.1. The maximum atomic E-state index is 13.1. The number of esters is 1. The summed E-state index contributed by atoms with van der Waals surface area (Å²) in [5.41, 5.74) is 2.10. The Labute approximate surface area is 201 Å². The average molecular weight is 485 g/mol. The van der Waals surface area contributed by atoms with Crippen LogP contribution in [0.5, 0.6) is 0 Å². The van der Waals surface area contributed by atoms with Crippen LogP contribution in [-0.4, -0.2) is 39.5 Å². The quantitative estimate of drug-likeness (QED) is 0.397. The summed E-state index contributed by atoms with van der Waals surface area (Å²) in [5, 5.41) is 2.81. The third-order valence-electron chi connectivity index (χ3n) is 5.79. The van der Waals surface area contributed by atoms with Crippen LogP contribution in [0.4, 0.5) is 5.69 Å². The number of carbonyl (C=O) groups excluding carboxylic acids is 2. The summed E-state index contributed by atoms with van der Waals surface area (Å²) >= 11 is 0. The number of carbonyl (C=O) groups is 2. The molecule has 1 aliphatic carbocycles. The normalized spacial score (nSPS) is 14.6. The zero-order valence-corrected chi connectivity index (χ0v) is 20.5. The number of benzene rings is 2. The molecule has 182 valence electrons. The zero-order chi connectivity index (χ0) is 24.6. The summed E-state index contributed by atoms with van der Waals surface area (Å²) in [6, 6.07) is 14.4. The van der Waals surface area contributed by atoms with E-state index in [1.807, 2.05) is 6.07 Å². The Balaban J connectivity index is 1.57. The molecule has 0 saturated heterocycles. The smallest absolute Gasteiger partial charge is 0.338 e. The molecule has 0 spiro atoms. The van der Waals surface area contributed by atoms with Crippen LogP contribution < -0.4 is 9.62 Å². The van der Waals surface area contributed by atoms with Crippen molar-refractivity contribution in [2.45, 2.75) is 57.0 Å². The number of para-hydroxylation sites is 1. The van der Waals surface area contributed by atoms with E-state index in [0.717, 1.165) is 19.3 Å².